The molecule has 3 aromatic rings. The largest absolute Gasteiger partial charge is 0.507 e. The summed E-state index contributed by atoms with van der Waals surface area (Å²) in [6, 6.07) is 11.2. The summed E-state index contributed by atoms with van der Waals surface area (Å²) in [7, 11) is 1.78. The van der Waals surface area contributed by atoms with Crippen LogP contribution in [0.3, 0.4) is 0 Å². The Balaban J connectivity index is 1.85. The van der Waals surface area contributed by atoms with Gasteiger partial charge >= 0.3 is 0 Å². The fraction of sp³-hybridized carbons (Fsp3) is 0.118. The molecule has 0 bridgehead atoms. The monoisotopic (exact) mass is 358 g/mol. The number of fused-ring (bicyclic) bond motifs is 1. The number of amides is 1. The van der Waals surface area contributed by atoms with Crippen molar-refractivity contribution < 1.29 is 9.90 Å². The molecular formula is C17H15BrN2O2. The maximum Gasteiger partial charge on any atom is 0.255 e. The summed E-state index contributed by atoms with van der Waals surface area (Å²) in [6.07, 6.45) is 3.43. The van der Waals surface area contributed by atoms with Crippen molar-refractivity contribution >= 4 is 32.6 Å². The van der Waals surface area contributed by atoms with Crippen molar-refractivity contribution in [2.24, 2.45) is 0 Å². The Morgan fingerprint density at radius 1 is 1.27 bits per heavy atom. The molecule has 0 unspecified atom stereocenters. The first-order chi connectivity index (χ1) is 10.6. The second-order valence-electron chi connectivity index (χ2n) is 5.22. The van der Waals surface area contributed by atoms with Crippen molar-refractivity contribution in [3.05, 3.63) is 64.4 Å². The summed E-state index contributed by atoms with van der Waals surface area (Å²) in [5.41, 5.74) is 1.69. The van der Waals surface area contributed by atoms with Gasteiger partial charge in [-0.05, 0) is 50.5 Å². The zero-order chi connectivity index (χ0) is 15.7. The van der Waals surface area contributed by atoms with E-state index in [1.807, 2.05) is 24.3 Å². The number of aromatic amines is 1. The number of hydrogen-bond donors (Lipinski definition) is 2. The average Bonchev–Trinajstić information content (AvgIpc) is 3.04. The van der Waals surface area contributed by atoms with Crippen LogP contribution < -0.4 is 0 Å². The van der Waals surface area contributed by atoms with Crippen molar-refractivity contribution in [2.45, 2.75) is 6.54 Å². The lowest BCUT2D eigenvalue weighted by Gasteiger charge is -2.17. The molecule has 112 valence electrons. The third kappa shape index (κ3) is 2.72. The molecule has 0 aliphatic heterocycles. The molecule has 0 aliphatic rings. The van der Waals surface area contributed by atoms with Gasteiger partial charge in [0.05, 0.1) is 10.0 Å². The molecular weight excluding hydrogens is 344 g/mol. The number of phenolic OH excluding ortho intramolecular Hbond substituents is 1. The molecule has 0 fully saturated rings. The molecule has 0 spiro atoms. The van der Waals surface area contributed by atoms with Gasteiger partial charge < -0.3 is 15.0 Å². The van der Waals surface area contributed by atoms with Crippen LogP contribution in [0, 0.1) is 0 Å². The second kappa shape index (κ2) is 5.85. The molecule has 4 nitrogen and oxygen atoms in total. The van der Waals surface area contributed by atoms with E-state index < -0.39 is 0 Å². The van der Waals surface area contributed by atoms with E-state index in [0.29, 0.717) is 16.6 Å². The zero-order valence-corrected chi connectivity index (χ0v) is 13.6. The number of carbonyl (C=O) groups is 1. The van der Waals surface area contributed by atoms with Gasteiger partial charge in [-0.2, -0.15) is 0 Å². The SMILES string of the molecule is CN(Cc1ccc2c(Br)c(O)ccc2c1)C(=O)c1cc[nH]c1. The molecule has 1 aromatic heterocycles. The molecule has 1 amide bonds. The minimum atomic E-state index is -0.0202. The molecule has 3 rings (SSSR count). The van der Waals surface area contributed by atoms with Crippen LogP contribution in [0.5, 0.6) is 5.75 Å². The number of halogens is 1. The summed E-state index contributed by atoms with van der Waals surface area (Å²) in [5, 5.41) is 11.7. The smallest absolute Gasteiger partial charge is 0.255 e. The van der Waals surface area contributed by atoms with Crippen molar-refractivity contribution in [1.29, 1.82) is 0 Å². The normalized spacial score (nSPS) is 10.8. The van der Waals surface area contributed by atoms with E-state index in [4.69, 9.17) is 0 Å². The number of benzene rings is 2. The Morgan fingerprint density at radius 2 is 2.09 bits per heavy atom. The molecule has 0 saturated heterocycles. The minimum Gasteiger partial charge on any atom is -0.507 e. The van der Waals surface area contributed by atoms with Crippen LogP contribution in [0.4, 0.5) is 0 Å². The number of nitrogens with zero attached hydrogens (tertiary/aromatic N) is 1. The third-order valence-electron chi connectivity index (χ3n) is 3.61. The predicted octanol–water partition coefficient (Wildman–Crippen LogP) is 3.91. The maximum absolute atomic E-state index is 12.2. The molecule has 22 heavy (non-hydrogen) atoms. The number of rotatable bonds is 3. The standard InChI is InChI=1S/C17H15BrN2O2/c1-20(17(22)13-6-7-19-9-13)10-11-2-4-14-12(8-11)3-5-15(21)16(14)18/h2-9,19,21H,10H2,1H3. The molecule has 0 radical (unpaired) electrons. The van der Waals surface area contributed by atoms with Crippen molar-refractivity contribution in [3.8, 4) is 5.75 Å². The Labute approximate surface area is 136 Å². The van der Waals surface area contributed by atoms with Crippen LogP contribution in [-0.4, -0.2) is 27.9 Å². The number of carbonyl (C=O) groups excluding carboxylic acids is 1. The Hall–Kier alpha value is -2.27. The number of phenols is 1. The van der Waals surface area contributed by atoms with Gasteiger partial charge in [-0.3, -0.25) is 4.79 Å². The third-order valence-corrected chi connectivity index (χ3v) is 4.44. The highest BCUT2D eigenvalue weighted by atomic mass is 79.9. The molecule has 0 atom stereocenters. The molecule has 0 aliphatic carbocycles. The van der Waals surface area contributed by atoms with E-state index in [9.17, 15) is 9.90 Å². The highest BCUT2D eigenvalue weighted by molar-refractivity contribution is 9.10. The minimum absolute atomic E-state index is 0.0202. The zero-order valence-electron chi connectivity index (χ0n) is 12.0. The lowest BCUT2D eigenvalue weighted by Crippen LogP contribution is -2.25. The molecule has 0 saturated carbocycles. The topological polar surface area (TPSA) is 56.3 Å². The van der Waals surface area contributed by atoms with E-state index in [0.717, 1.165) is 16.3 Å². The molecule has 1 heterocycles. The van der Waals surface area contributed by atoms with E-state index in [1.165, 1.54) is 0 Å². The Bertz CT molecular complexity index is 828. The van der Waals surface area contributed by atoms with Crippen LogP contribution in [0.15, 0.2) is 53.3 Å². The van der Waals surface area contributed by atoms with Crippen LogP contribution in [-0.2, 0) is 6.54 Å². The first-order valence-corrected chi connectivity index (χ1v) is 7.64. The highest BCUT2D eigenvalue weighted by Crippen LogP contribution is 2.32. The maximum atomic E-state index is 12.2. The summed E-state index contributed by atoms with van der Waals surface area (Å²) < 4.78 is 0.688. The van der Waals surface area contributed by atoms with Crippen LogP contribution >= 0.6 is 15.9 Å². The van der Waals surface area contributed by atoms with Crippen molar-refractivity contribution in [3.63, 3.8) is 0 Å². The summed E-state index contributed by atoms with van der Waals surface area (Å²) in [5.74, 6) is 0.202. The first-order valence-electron chi connectivity index (χ1n) is 6.84. The second-order valence-corrected chi connectivity index (χ2v) is 6.01. The van der Waals surface area contributed by atoms with E-state index in [-0.39, 0.29) is 11.7 Å². The molecule has 5 heteroatoms. The average molecular weight is 359 g/mol. The van der Waals surface area contributed by atoms with E-state index in [1.54, 1.807) is 36.5 Å². The lowest BCUT2D eigenvalue weighted by atomic mass is 10.1. The first kappa shape index (κ1) is 14.7. The van der Waals surface area contributed by atoms with Gasteiger partial charge in [0.15, 0.2) is 0 Å². The number of aromatic hydroxyl groups is 1. The fourth-order valence-corrected chi connectivity index (χ4v) is 2.94. The van der Waals surface area contributed by atoms with E-state index >= 15 is 0 Å². The van der Waals surface area contributed by atoms with Crippen molar-refractivity contribution in [2.75, 3.05) is 7.05 Å². The number of nitrogens with one attached hydrogen (secondary N) is 1. The van der Waals surface area contributed by atoms with E-state index in [2.05, 4.69) is 20.9 Å². The number of hydrogen-bond acceptors (Lipinski definition) is 2. The Morgan fingerprint density at radius 3 is 2.82 bits per heavy atom. The summed E-state index contributed by atoms with van der Waals surface area (Å²) in [4.78, 5) is 16.8. The summed E-state index contributed by atoms with van der Waals surface area (Å²) in [6.45, 7) is 0.526. The van der Waals surface area contributed by atoms with Crippen LogP contribution in [0.1, 0.15) is 15.9 Å². The Kier molecular flexibility index (Phi) is 3.90. The van der Waals surface area contributed by atoms with Gasteiger partial charge in [0.2, 0.25) is 0 Å². The number of H-pyrrole nitrogens is 1. The highest BCUT2D eigenvalue weighted by Gasteiger charge is 2.13. The van der Waals surface area contributed by atoms with Crippen molar-refractivity contribution in [1.82, 2.24) is 9.88 Å². The van der Waals surface area contributed by atoms with Crippen LogP contribution in [0.25, 0.3) is 10.8 Å². The lowest BCUT2D eigenvalue weighted by molar-refractivity contribution is 0.0785. The van der Waals surface area contributed by atoms with Gasteiger partial charge in [-0.1, -0.05) is 18.2 Å². The molecule has 2 aromatic carbocycles. The molecule has 2 N–H and O–H groups in total. The summed E-state index contributed by atoms with van der Waals surface area (Å²) >= 11 is 3.39. The van der Waals surface area contributed by atoms with Gasteiger partial charge in [-0.25, -0.2) is 0 Å². The number of aromatic nitrogens is 1. The van der Waals surface area contributed by atoms with Gasteiger partial charge in [0.1, 0.15) is 5.75 Å². The van der Waals surface area contributed by atoms with Gasteiger partial charge in [-0.15, -0.1) is 0 Å². The van der Waals surface area contributed by atoms with Crippen LogP contribution in [0.2, 0.25) is 0 Å². The van der Waals surface area contributed by atoms with Gasteiger partial charge in [0.25, 0.3) is 5.91 Å². The van der Waals surface area contributed by atoms with Gasteiger partial charge in [0, 0.05) is 26.0 Å². The quantitative estimate of drug-likeness (QED) is 0.745. The predicted molar refractivity (Wildman–Crippen MR) is 89.9 cm³/mol. The fourth-order valence-electron chi connectivity index (χ4n) is 2.45.